The van der Waals surface area contributed by atoms with Gasteiger partial charge in [0.2, 0.25) is 0 Å². The van der Waals surface area contributed by atoms with Crippen LogP contribution in [0.15, 0.2) is 54.6 Å². The molecular weight excluding hydrogens is 333 g/mol. The molecule has 1 fully saturated rings. The van der Waals surface area contributed by atoms with Crippen molar-refractivity contribution in [2.75, 3.05) is 13.1 Å². The molecule has 0 aromatic heterocycles. The molecule has 2 aromatic rings. The molecule has 27 heavy (non-hydrogen) atoms. The lowest BCUT2D eigenvalue weighted by Crippen LogP contribution is -2.35. The van der Waals surface area contributed by atoms with Crippen LogP contribution < -0.4 is 0 Å². The molecule has 146 valence electrons. The number of benzene rings is 2. The van der Waals surface area contributed by atoms with E-state index in [-0.39, 0.29) is 5.92 Å². The molecule has 1 aliphatic carbocycles. The minimum atomic E-state index is -0.640. The summed E-state index contributed by atoms with van der Waals surface area (Å²) in [5, 5.41) is 0. The first-order chi connectivity index (χ1) is 13.2. The highest BCUT2D eigenvalue weighted by molar-refractivity contribution is 5.27. The minimum absolute atomic E-state index is 0.131. The molecular formula is C25H34FN. The average Bonchev–Trinajstić information content (AvgIpc) is 3.14. The summed E-state index contributed by atoms with van der Waals surface area (Å²) < 4.78 is 13.9. The van der Waals surface area contributed by atoms with Gasteiger partial charge in [0.15, 0.2) is 0 Å². The Morgan fingerprint density at radius 3 is 2.30 bits per heavy atom. The van der Waals surface area contributed by atoms with Crippen molar-refractivity contribution in [3.8, 4) is 0 Å². The van der Waals surface area contributed by atoms with Crippen molar-refractivity contribution in [1.82, 2.24) is 4.90 Å². The molecule has 0 saturated heterocycles. The zero-order chi connectivity index (χ0) is 19.1. The van der Waals surface area contributed by atoms with Gasteiger partial charge in [0.25, 0.3) is 0 Å². The third-order valence-electron chi connectivity index (χ3n) is 6.25. The SMILES string of the molecule is CCN(CCc1ccccc1)C(C)CCc1ccc(C2CCCC2F)cc1. The van der Waals surface area contributed by atoms with Crippen molar-refractivity contribution in [3.63, 3.8) is 0 Å². The number of rotatable bonds is 9. The predicted octanol–water partition coefficient (Wildman–Crippen LogP) is 6.18. The van der Waals surface area contributed by atoms with Gasteiger partial charge in [-0.3, -0.25) is 0 Å². The zero-order valence-electron chi connectivity index (χ0n) is 16.9. The summed E-state index contributed by atoms with van der Waals surface area (Å²) in [5.74, 6) is 0.131. The van der Waals surface area contributed by atoms with Crippen LogP contribution in [-0.4, -0.2) is 30.2 Å². The van der Waals surface area contributed by atoms with E-state index in [9.17, 15) is 4.39 Å². The maximum atomic E-state index is 13.9. The predicted molar refractivity (Wildman–Crippen MR) is 113 cm³/mol. The van der Waals surface area contributed by atoms with Gasteiger partial charge in [-0.05, 0) is 68.7 Å². The molecule has 0 bridgehead atoms. The third-order valence-corrected chi connectivity index (χ3v) is 6.25. The molecule has 1 nitrogen and oxygen atoms in total. The number of alkyl halides is 1. The number of nitrogens with zero attached hydrogens (tertiary/aromatic N) is 1. The fourth-order valence-electron chi connectivity index (χ4n) is 4.39. The number of hydrogen-bond acceptors (Lipinski definition) is 1. The summed E-state index contributed by atoms with van der Waals surface area (Å²) >= 11 is 0. The lowest BCUT2D eigenvalue weighted by Gasteiger charge is -2.28. The number of hydrogen-bond donors (Lipinski definition) is 0. The normalized spacial score (nSPS) is 20.9. The molecule has 0 N–H and O–H groups in total. The Hall–Kier alpha value is -1.67. The average molecular weight is 368 g/mol. The van der Waals surface area contributed by atoms with Crippen molar-refractivity contribution in [1.29, 1.82) is 0 Å². The smallest absolute Gasteiger partial charge is 0.107 e. The van der Waals surface area contributed by atoms with Crippen LogP contribution in [0.25, 0.3) is 0 Å². The quantitative estimate of drug-likeness (QED) is 0.512. The Kier molecular flexibility index (Phi) is 7.46. The Morgan fingerprint density at radius 1 is 0.963 bits per heavy atom. The maximum absolute atomic E-state index is 13.9. The van der Waals surface area contributed by atoms with Gasteiger partial charge in [0, 0.05) is 18.5 Å². The summed E-state index contributed by atoms with van der Waals surface area (Å²) in [4.78, 5) is 2.58. The second-order valence-electron chi connectivity index (χ2n) is 8.05. The second kappa shape index (κ2) is 10.0. The van der Waals surface area contributed by atoms with Crippen molar-refractivity contribution in [2.24, 2.45) is 0 Å². The number of aryl methyl sites for hydroxylation is 1. The van der Waals surface area contributed by atoms with Crippen molar-refractivity contribution >= 4 is 0 Å². The zero-order valence-corrected chi connectivity index (χ0v) is 16.9. The molecule has 1 saturated carbocycles. The van der Waals surface area contributed by atoms with Gasteiger partial charge in [0.1, 0.15) is 6.17 Å². The van der Waals surface area contributed by atoms with Crippen LogP contribution in [0.1, 0.15) is 62.1 Å². The summed E-state index contributed by atoms with van der Waals surface area (Å²) in [7, 11) is 0. The van der Waals surface area contributed by atoms with E-state index in [1.807, 2.05) is 0 Å². The second-order valence-corrected chi connectivity index (χ2v) is 8.05. The number of halogens is 1. The first-order valence-electron chi connectivity index (χ1n) is 10.7. The van der Waals surface area contributed by atoms with Crippen molar-refractivity contribution in [3.05, 3.63) is 71.3 Å². The van der Waals surface area contributed by atoms with Gasteiger partial charge in [0.05, 0.1) is 0 Å². The molecule has 3 atom stereocenters. The molecule has 0 amide bonds. The lowest BCUT2D eigenvalue weighted by atomic mass is 9.94. The van der Waals surface area contributed by atoms with E-state index in [1.165, 1.54) is 16.7 Å². The molecule has 0 spiro atoms. The maximum Gasteiger partial charge on any atom is 0.107 e. The largest absolute Gasteiger partial charge is 0.301 e. The molecule has 0 heterocycles. The standard InChI is InChI=1S/C25H34FN/c1-3-27(19-18-21-8-5-4-6-9-21)20(2)12-13-22-14-16-23(17-15-22)24-10-7-11-25(24)26/h4-6,8-9,14-17,20,24-25H,3,7,10-13,18-19H2,1-2H3. The summed E-state index contributed by atoms with van der Waals surface area (Å²) in [6, 6.07) is 20.1. The first-order valence-corrected chi connectivity index (χ1v) is 10.7. The Labute approximate surface area is 164 Å². The van der Waals surface area contributed by atoms with Gasteiger partial charge in [-0.2, -0.15) is 0 Å². The van der Waals surface area contributed by atoms with E-state index >= 15 is 0 Å². The first kappa shape index (κ1) is 20.1. The van der Waals surface area contributed by atoms with Crippen LogP contribution in [0, 0.1) is 0 Å². The minimum Gasteiger partial charge on any atom is -0.301 e. The van der Waals surface area contributed by atoms with Gasteiger partial charge in [-0.15, -0.1) is 0 Å². The fourth-order valence-corrected chi connectivity index (χ4v) is 4.39. The molecule has 0 radical (unpaired) electrons. The van der Waals surface area contributed by atoms with Crippen LogP contribution in [0.2, 0.25) is 0 Å². The Bertz CT molecular complexity index is 666. The van der Waals surface area contributed by atoms with E-state index < -0.39 is 6.17 Å². The van der Waals surface area contributed by atoms with Crippen molar-refractivity contribution in [2.45, 2.75) is 70.5 Å². The molecule has 2 aromatic carbocycles. The van der Waals surface area contributed by atoms with E-state index in [0.29, 0.717) is 6.04 Å². The molecule has 3 rings (SSSR count). The van der Waals surface area contributed by atoms with Crippen LogP contribution in [0.3, 0.4) is 0 Å². The van der Waals surface area contributed by atoms with Gasteiger partial charge in [-0.1, -0.05) is 61.5 Å². The Morgan fingerprint density at radius 2 is 1.67 bits per heavy atom. The highest BCUT2D eigenvalue weighted by Gasteiger charge is 2.28. The summed E-state index contributed by atoms with van der Waals surface area (Å²) in [6.07, 6.45) is 5.49. The van der Waals surface area contributed by atoms with Crippen molar-refractivity contribution < 1.29 is 4.39 Å². The molecule has 0 aliphatic heterocycles. The summed E-state index contributed by atoms with van der Waals surface area (Å²) in [6.45, 7) is 6.80. The van der Waals surface area contributed by atoms with Gasteiger partial charge >= 0.3 is 0 Å². The topological polar surface area (TPSA) is 3.24 Å². The van der Waals surface area contributed by atoms with E-state index in [4.69, 9.17) is 0 Å². The van der Waals surface area contributed by atoms with Crippen LogP contribution >= 0.6 is 0 Å². The van der Waals surface area contributed by atoms with Crippen LogP contribution in [-0.2, 0) is 12.8 Å². The lowest BCUT2D eigenvalue weighted by molar-refractivity contribution is 0.212. The highest BCUT2D eigenvalue weighted by atomic mass is 19.1. The Balaban J connectivity index is 1.47. The molecule has 3 unspecified atom stereocenters. The van der Waals surface area contributed by atoms with Gasteiger partial charge < -0.3 is 4.90 Å². The van der Waals surface area contributed by atoms with Gasteiger partial charge in [-0.25, -0.2) is 4.39 Å². The van der Waals surface area contributed by atoms with Crippen LogP contribution in [0.4, 0.5) is 4.39 Å². The molecule has 1 aliphatic rings. The monoisotopic (exact) mass is 367 g/mol. The summed E-state index contributed by atoms with van der Waals surface area (Å²) in [5.41, 5.74) is 3.98. The third kappa shape index (κ3) is 5.65. The fraction of sp³-hybridized carbons (Fsp3) is 0.520. The van der Waals surface area contributed by atoms with Crippen LogP contribution in [0.5, 0.6) is 0 Å². The highest BCUT2D eigenvalue weighted by Crippen LogP contribution is 2.36. The molecule has 2 heteroatoms. The van der Waals surface area contributed by atoms with E-state index in [0.717, 1.165) is 51.6 Å². The number of likely N-dealkylation sites (N-methyl/N-ethyl adjacent to an activating group) is 1. The van der Waals surface area contributed by atoms with E-state index in [2.05, 4.69) is 73.3 Å². The van der Waals surface area contributed by atoms with E-state index in [1.54, 1.807) is 0 Å².